The monoisotopic (exact) mass is 168 g/mol. The fourth-order valence-electron chi connectivity index (χ4n) is 1.20. The van der Waals surface area contributed by atoms with Crippen LogP contribution in [0.15, 0.2) is 6.07 Å². The Morgan fingerprint density at radius 2 is 2.67 bits per heavy atom. The van der Waals surface area contributed by atoms with E-state index in [0.717, 1.165) is 6.54 Å². The van der Waals surface area contributed by atoms with E-state index in [0.29, 0.717) is 18.2 Å². The number of carboxylic acid groups (broad SMARTS) is 1. The second-order valence-electron chi connectivity index (χ2n) is 2.62. The Labute approximate surface area is 68.6 Å². The molecule has 1 N–H and O–H groups in total. The zero-order valence-electron chi connectivity index (χ0n) is 6.36. The van der Waals surface area contributed by atoms with Crippen LogP contribution < -0.4 is 4.74 Å². The second-order valence-corrected chi connectivity index (χ2v) is 2.62. The van der Waals surface area contributed by atoms with E-state index in [2.05, 4.69) is 5.10 Å². The van der Waals surface area contributed by atoms with Crippen molar-refractivity contribution in [3.63, 3.8) is 0 Å². The fourth-order valence-corrected chi connectivity index (χ4v) is 1.20. The number of rotatable bonds is 2. The number of carbonyl (C=O) groups is 1. The standard InChI is InChI=1S/C7H8N2O3/c10-7(11)4-5-3-6-9(8-5)1-2-12-6/h3H,1-2,4H2,(H,10,11). The van der Waals surface area contributed by atoms with Gasteiger partial charge < -0.3 is 9.84 Å². The molecule has 0 saturated carbocycles. The van der Waals surface area contributed by atoms with E-state index in [1.54, 1.807) is 10.7 Å². The number of hydrogen-bond donors (Lipinski definition) is 1. The minimum Gasteiger partial charge on any atom is -0.481 e. The van der Waals surface area contributed by atoms with Gasteiger partial charge in [-0.05, 0) is 0 Å². The zero-order valence-corrected chi connectivity index (χ0v) is 6.36. The largest absolute Gasteiger partial charge is 0.481 e. The molecule has 1 aromatic heterocycles. The molecule has 0 fully saturated rings. The van der Waals surface area contributed by atoms with Crippen LogP contribution in [0.1, 0.15) is 5.69 Å². The molecule has 0 saturated heterocycles. The summed E-state index contributed by atoms with van der Waals surface area (Å²) in [6.07, 6.45) is -0.0383. The summed E-state index contributed by atoms with van der Waals surface area (Å²) in [7, 11) is 0. The van der Waals surface area contributed by atoms with E-state index >= 15 is 0 Å². The van der Waals surface area contributed by atoms with E-state index in [-0.39, 0.29) is 6.42 Å². The molecule has 0 unspecified atom stereocenters. The lowest BCUT2D eigenvalue weighted by Gasteiger charge is -1.89. The number of fused-ring (bicyclic) bond motifs is 1. The van der Waals surface area contributed by atoms with Crippen molar-refractivity contribution in [2.45, 2.75) is 13.0 Å². The van der Waals surface area contributed by atoms with Crippen molar-refractivity contribution in [2.24, 2.45) is 0 Å². The number of nitrogens with zero attached hydrogens (tertiary/aromatic N) is 2. The molecule has 0 atom stereocenters. The second kappa shape index (κ2) is 2.51. The topological polar surface area (TPSA) is 64.3 Å². The number of aromatic nitrogens is 2. The van der Waals surface area contributed by atoms with Crippen LogP contribution in [-0.4, -0.2) is 27.5 Å². The van der Waals surface area contributed by atoms with Gasteiger partial charge in [-0.25, -0.2) is 4.68 Å². The fraction of sp³-hybridized carbons (Fsp3) is 0.429. The molecule has 5 heteroatoms. The van der Waals surface area contributed by atoms with Gasteiger partial charge in [0, 0.05) is 6.07 Å². The van der Waals surface area contributed by atoms with Gasteiger partial charge in [0.05, 0.1) is 18.7 Å². The maximum absolute atomic E-state index is 10.3. The molecule has 5 nitrogen and oxygen atoms in total. The summed E-state index contributed by atoms with van der Waals surface area (Å²) in [5.74, 6) is -0.196. The first-order valence-electron chi connectivity index (χ1n) is 3.67. The van der Waals surface area contributed by atoms with Gasteiger partial charge in [0.15, 0.2) is 0 Å². The normalized spacial score (nSPS) is 14.0. The summed E-state index contributed by atoms with van der Waals surface area (Å²) in [5, 5.41) is 12.5. The highest BCUT2D eigenvalue weighted by molar-refractivity contribution is 5.69. The van der Waals surface area contributed by atoms with Gasteiger partial charge in [-0.15, -0.1) is 0 Å². The summed E-state index contributed by atoms with van der Waals surface area (Å²) < 4.78 is 6.85. The third-order valence-electron chi connectivity index (χ3n) is 1.68. The highest BCUT2D eigenvalue weighted by Crippen LogP contribution is 2.18. The number of carboxylic acids is 1. The lowest BCUT2D eigenvalue weighted by Crippen LogP contribution is -2.03. The van der Waals surface area contributed by atoms with Crippen LogP contribution in [0.3, 0.4) is 0 Å². The third-order valence-corrected chi connectivity index (χ3v) is 1.68. The summed E-state index contributed by atoms with van der Waals surface area (Å²) in [5.41, 5.74) is 0.553. The predicted octanol–water partition coefficient (Wildman–Crippen LogP) is -0.0974. The van der Waals surface area contributed by atoms with E-state index in [9.17, 15) is 4.79 Å². The van der Waals surface area contributed by atoms with Crippen molar-refractivity contribution in [1.82, 2.24) is 9.78 Å². The number of hydrogen-bond acceptors (Lipinski definition) is 3. The summed E-state index contributed by atoms with van der Waals surface area (Å²) in [6, 6.07) is 1.67. The first kappa shape index (κ1) is 7.15. The third kappa shape index (κ3) is 1.13. The maximum Gasteiger partial charge on any atom is 0.309 e. The van der Waals surface area contributed by atoms with Crippen molar-refractivity contribution in [3.05, 3.63) is 11.8 Å². The lowest BCUT2D eigenvalue weighted by atomic mass is 10.3. The Morgan fingerprint density at radius 1 is 1.83 bits per heavy atom. The number of aliphatic carboxylic acids is 1. The first-order valence-corrected chi connectivity index (χ1v) is 3.67. The molecule has 64 valence electrons. The molecular weight excluding hydrogens is 160 g/mol. The summed E-state index contributed by atoms with van der Waals surface area (Å²) in [6.45, 7) is 1.35. The molecule has 0 spiro atoms. The van der Waals surface area contributed by atoms with Crippen LogP contribution in [0.4, 0.5) is 0 Å². The quantitative estimate of drug-likeness (QED) is 0.669. The minimum absolute atomic E-state index is 0.0383. The van der Waals surface area contributed by atoms with Crippen molar-refractivity contribution in [3.8, 4) is 5.88 Å². The van der Waals surface area contributed by atoms with Crippen molar-refractivity contribution in [1.29, 1.82) is 0 Å². The summed E-state index contributed by atoms with van der Waals surface area (Å²) in [4.78, 5) is 10.3. The Kier molecular flexibility index (Phi) is 1.49. The predicted molar refractivity (Wildman–Crippen MR) is 39.1 cm³/mol. The number of ether oxygens (including phenoxy) is 1. The Balaban J connectivity index is 2.20. The zero-order chi connectivity index (χ0) is 8.55. The van der Waals surface area contributed by atoms with Crippen molar-refractivity contribution < 1.29 is 14.6 Å². The van der Waals surface area contributed by atoms with Gasteiger partial charge in [0.2, 0.25) is 5.88 Å². The molecule has 0 aliphatic carbocycles. The van der Waals surface area contributed by atoms with Crippen LogP contribution in [0.2, 0.25) is 0 Å². The van der Waals surface area contributed by atoms with E-state index < -0.39 is 5.97 Å². The Bertz CT molecular complexity index is 297. The van der Waals surface area contributed by atoms with Crippen LogP contribution in [0.5, 0.6) is 5.88 Å². The molecule has 0 amide bonds. The van der Waals surface area contributed by atoms with Crippen LogP contribution in [0, 0.1) is 0 Å². The van der Waals surface area contributed by atoms with Crippen LogP contribution >= 0.6 is 0 Å². The van der Waals surface area contributed by atoms with Crippen molar-refractivity contribution in [2.75, 3.05) is 6.61 Å². The first-order chi connectivity index (χ1) is 5.75. The molecular formula is C7H8N2O3. The molecule has 1 aliphatic rings. The average Bonchev–Trinajstić information content (AvgIpc) is 2.43. The van der Waals surface area contributed by atoms with Gasteiger partial charge in [-0.2, -0.15) is 5.10 Å². The maximum atomic E-state index is 10.3. The van der Waals surface area contributed by atoms with E-state index in [1.807, 2.05) is 0 Å². The molecule has 0 aromatic carbocycles. The molecule has 0 bridgehead atoms. The highest BCUT2D eigenvalue weighted by atomic mass is 16.5. The molecule has 0 radical (unpaired) electrons. The lowest BCUT2D eigenvalue weighted by molar-refractivity contribution is -0.136. The van der Waals surface area contributed by atoms with Gasteiger partial charge in [0.1, 0.15) is 6.61 Å². The Morgan fingerprint density at radius 3 is 3.33 bits per heavy atom. The molecule has 12 heavy (non-hydrogen) atoms. The smallest absolute Gasteiger partial charge is 0.309 e. The van der Waals surface area contributed by atoms with Gasteiger partial charge in [-0.3, -0.25) is 4.79 Å². The molecule has 1 aliphatic heterocycles. The highest BCUT2D eigenvalue weighted by Gasteiger charge is 2.15. The minimum atomic E-state index is -0.869. The summed E-state index contributed by atoms with van der Waals surface area (Å²) >= 11 is 0. The molecule has 2 heterocycles. The van der Waals surface area contributed by atoms with Gasteiger partial charge in [0.25, 0.3) is 0 Å². The van der Waals surface area contributed by atoms with Crippen LogP contribution in [0.25, 0.3) is 0 Å². The van der Waals surface area contributed by atoms with Gasteiger partial charge in [-0.1, -0.05) is 0 Å². The average molecular weight is 168 g/mol. The molecule has 1 aromatic rings. The van der Waals surface area contributed by atoms with Crippen LogP contribution in [-0.2, 0) is 17.8 Å². The van der Waals surface area contributed by atoms with E-state index in [1.165, 1.54) is 0 Å². The molecule has 2 rings (SSSR count). The SMILES string of the molecule is O=C(O)Cc1cc2n(n1)CCO2. The Hall–Kier alpha value is -1.52. The van der Waals surface area contributed by atoms with Gasteiger partial charge >= 0.3 is 5.97 Å². The van der Waals surface area contributed by atoms with E-state index in [4.69, 9.17) is 9.84 Å². The van der Waals surface area contributed by atoms with Crippen molar-refractivity contribution >= 4 is 5.97 Å².